The van der Waals surface area contributed by atoms with Crippen molar-refractivity contribution < 1.29 is 5.11 Å². The van der Waals surface area contributed by atoms with Crippen LogP contribution in [0.2, 0.25) is 0 Å². The summed E-state index contributed by atoms with van der Waals surface area (Å²) in [6, 6.07) is 4.47. The van der Waals surface area contributed by atoms with Gasteiger partial charge in [-0.3, -0.25) is 4.90 Å². The lowest BCUT2D eigenvalue weighted by molar-refractivity contribution is 0.199. The van der Waals surface area contributed by atoms with E-state index in [2.05, 4.69) is 28.8 Å². The van der Waals surface area contributed by atoms with Gasteiger partial charge in [0.25, 0.3) is 0 Å². The van der Waals surface area contributed by atoms with E-state index in [0.717, 1.165) is 37.4 Å². The molecule has 18 heavy (non-hydrogen) atoms. The molecule has 1 saturated heterocycles. The fraction of sp³-hybridized carbons (Fsp3) is 0.643. The van der Waals surface area contributed by atoms with Gasteiger partial charge in [0.2, 0.25) is 0 Å². The van der Waals surface area contributed by atoms with Gasteiger partial charge < -0.3 is 10.0 Å². The van der Waals surface area contributed by atoms with E-state index in [9.17, 15) is 5.11 Å². The Morgan fingerprint density at radius 2 is 2.28 bits per heavy atom. The predicted octanol–water partition coefficient (Wildman–Crippen LogP) is 1.67. The summed E-state index contributed by atoms with van der Waals surface area (Å²) in [6.07, 6.45) is 2.51. The number of piperazine rings is 1. The summed E-state index contributed by atoms with van der Waals surface area (Å²) in [5.41, 5.74) is 0.937. The molecule has 0 aliphatic carbocycles. The fourth-order valence-corrected chi connectivity index (χ4v) is 2.46. The maximum absolute atomic E-state index is 9.63. The van der Waals surface area contributed by atoms with Crippen LogP contribution in [0.5, 0.6) is 0 Å². The van der Waals surface area contributed by atoms with Crippen molar-refractivity contribution in [3.8, 4) is 0 Å². The highest BCUT2D eigenvalue weighted by molar-refractivity contribution is 5.42. The molecule has 100 valence electrons. The van der Waals surface area contributed by atoms with E-state index in [1.54, 1.807) is 13.1 Å². The number of aromatic nitrogens is 1. The Labute approximate surface area is 109 Å². The van der Waals surface area contributed by atoms with Crippen LogP contribution in [0.15, 0.2) is 18.3 Å². The van der Waals surface area contributed by atoms with Crippen molar-refractivity contribution in [2.45, 2.75) is 32.4 Å². The van der Waals surface area contributed by atoms with Crippen LogP contribution in [-0.4, -0.2) is 47.7 Å². The number of aliphatic hydroxyl groups is 1. The topological polar surface area (TPSA) is 39.6 Å². The third-order valence-corrected chi connectivity index (χ3v) is 3.82. The zero-order valence-corrected chi connectivity index (χ0v) is 11.5. The Kier molecular flexibility index (Phi) is 4.19. The maximum Gasteiger partial charge on any atom is 0.128 e. The van der Waals surface area contributed by atoms with Gasteiger partial charge in [0.15, 0.2) is 0 Å². The van der Waals surface area contributed by atoms with Crippen LogP contribution in [-0.2, 0) is 0 Å². The van der Waals surface area contributed by atoms with Gasteiger partial charge in [0.05, 0.1) is 6.10 Å². The van der Waals surface area contributed by atoms with Crippen molar-refractivity contribution >= 4 is 5.82 Å². The van der Waals surface area contributed by atoms with Gasteiger partial charge in [-0.25, -0.2) is 4.98 Å². The Hall–Kier alpha value is -1.13. The average Bonchev–Trinajstić information content (AvgIpc) is 2.39. The summed E-state index contributed by atoms with van der Waals surface area (Å²) < 4.78 is 0. The number of likely N-dealkylation sites (N-methyl/N-ethyl adjacent to an activating group) is 1. The highest BCUT2D eigenvalue weighted by Crippen LogP contribution is 2.21. The molecule has 1 aromatic rings. The highest BCUT2D eigenvalue weighted by Gasteiger charge is 2.23. The van der Waals surface area contributed by atoms with Gasteiger partial charge >= 0.3 is 0 Å². The summed E-state index contributed by atoms with van der Waals surface area (Å²) in [4.78, 5) is 9.17. The minimum absolute atomic E-state index is 0.429. The molecule has 4 heteroatoms. The summed E-state index contributed by atoms with van der Waals surface area (Å²) in [6.45, 7) is 7.11. The Bertz CT molecular complexity index is 394. The Morgan fingerprint density at radius 1 is 1.50 bits per heavy atom. The second kappa shape index (κ2) is 5.67. The van der Waals surface area contributed by atoms with E-state index >= 15 is 0 Å². The Balaban J connectivity index is 2.14. The van der Waals surface area contributed by atoms with Gasteiger partial charge in [-0.1, -0.05) is 6.92 Å². The first kappa shape index (κ1) is 13.3. The number of aliphatic hydroxyl groups excluding tert-OH is 1. The quantitative estimate of drug-likeness (QED) is 0.884. The minimum atomic E-state index is -0.429. The van der Waals surface area contributed by atoms with Crippen LogP contribution in [0.4, 0.5) is 5.82 Å². The van der Waals surface area contributed by atoms with Crippen LogP contribution in [0.1, 0.15) is 31.9 Å². The zero-order chi connectivity index (χ0) is 13.1. The molecular weight excluding hydrogens is 226 g/mol. The average molecular weight is 249 g/mol. The van der Waals surface area contributed by atoms with Crippen molar-refractivity contribution in [3.63, 3.8) is 0 Å². The fourth-order valence-electron chi connectivity index (χ4n) is 2.46. The van der Waals surface area contributed by atoms with Crippen molar-refractivity contribution in [3.05, 3.63) is 23.9 Å². The monoisotopic (exact) mass is 249 g/mol. The molecule has 1 aromatic heterocycles. The molecule has 1 unspecified atom stereocenters. The third-order valence-electron chi connectivity index (χ3n) is 3.82. The maximum atomic E-state index is 9.63. The van der Waals surface area contributed by atoms with Gasteiger partial charge in [-0.2, -0.15) is 0 Å². The number of hydrogen-bond acceptors (Lipinski definition) is 4. The van der Waals surface area contributed by atoms with Crippen molar-refractivity contribution in [1.29, 1.82) is 0 Å². The summed E-state index contributed by atoms with van der Waals surface area (Å²) in [5, 5.41) is 9.63. The molecule has 0 radical (unpaired) electrons. The molecule has 1 fully saturated rings. The molecule has 0 spiro atoms. The largest absolute Gasteiger partial charge is 0.389 e. The molecule has 2 rings (SSSR count). The molecule has 0 aromatic carbocycles. The summed E-state index contributed by atoms with van der Waals surface area (Å²) >= 11 is 0. The van der Waals surface area contributed by atoms with Gasteiger partial charge in [-0.05, 0) is 38.1 Å². The normalized spacial score (nSPS) is 23.1. The summed E-state index contributed by atoms with van der Waals surface area (Å²) in [7, 11) is 2.19. The van der Waals surface area contributed by atoms with Crippen molar-refractivity contribution in [2.24, 2.45) is 0 Å². The molecule has 0 amide bonds. The number of nitrogens with zero attached hydrogens (tertiary/aromatic N) is 3. The Morgan fingerprint density at radius 3 is 2.94 bits per heavy atom. The standard InChI is InChI=1S/C14H23N3O/c1-4-13-10-17(8-7-16(13)3)14-9-12(11(2)18)5-6-15-14/h5-6,9,11,13,18H,4,7-8,10H2,1-3H3/t11-,13?/m0/s1. The number of pyridine rings is 1. The molecule has 1 aliphatic rings. The number of hydrogen-bond donors (Lipinski definition) is 1. The second-order valence-electron chi connectivity index (χ2n) is 5.11. The molecular formula is C14H23N3O. The molecule has 0 saturated carbocycles. The van der Waals surface area contributed by atoms with E-state index in [1.807, 2.05) is 12.1 Å². The molecule has 0 bridgehead atoms. The minimum Gasteiger partial charge on any atom is -0.389 e. The third kappa shape index (κ3) is 2.82. The lowest BCUT2D eigenvalue weighted by Gasteiger charge is -2.39. The predicted molar refractivity (Wildman–Crippen MR) is 73.8 cm³/mol. The van der Waals surface area contributed by atoms with Crippen LogP contribution in [0.25, 0.3) is 0 Å². The molecule has 1 N–H and O–H groups in total. The van der Waals surface area contributed by atoms with E-state index < -0.39 is 6.10 Å². The molecule has 2 heterocycles. The van der Waals surface area contributed by atoms with Crippen molar-refractivity contribution in [2.75, 3.05) is 31.6 Å². The zero-order valence-electron chi connectivity index (χ0n) is 11.5. The van der Waals surface area contributed by atoms with Crippen LogP contribution in [0, 0.1) is 0 Å². The first-order valence-corrected chi connectivity index (χ1v) is 6.71. The smallest absolute Gasteiger partial charge is 0.128 e. The van der Waals surface area contributed by atoms with E-state index in [0.29, 0.717) is 6.04 Å². The van der Waals surface area contributed by atoms with E-state index in [1.165, 1.54) is 0 Å². The van der Waals surface area contributed by atoms with E-state index in [-0.39, 0.29) is 0 Å². The first-order valence-electron chi connectivity index (χ1n) is 6.71. The van der Waals surface area contributed by atoms with Gasteiger partial charge in [0, 0.05) is 31.9 Å². The van der Waals surface area contributed by atoms with Crippen molar-refractivity contribution in [1.82, 2.24) is 9.88 Å². The van der Waals surface area contributed by atoms with Crippen LogP contribution >= 0.6 is 0 Å². The van der Waals surface area contributed by atoms with E-state index in [4.69, 9.17) is 0 Å². The molecule has 4 nitrogen and oxygen atoms in total. The van der Waals surface area contributed by atoms with Crippen LogP contribution < -0.4 is 4.90 Å². The molecule has 2 atom stereocenters. The second-order valence-corrected chi connectivity index (χ2v) is 5.11. The SMILES string of the molecule is CCC1CN(c2cc([C@H](C)O)ccn2)CCN1C. The highest BCUT2D eigenvalue weighted by atomic mass is 16.3. The first-order chi connectivity index (χ1) is 8.61. The molecule has 1 aliphatic heterocycles. The van der Waals surface area contributed by atoms with Gasteiger partial charge in [0.1, 0.15) is 5.82 Å². The lowest BCUT2D eigenvalue weighted by Crippen LogP contribution is -2.51. The number of rotatable bonds is 3. The summed E-state index contributed by atoms with van der Waals surface area (Å²) in [5.74, 6) is 0.986. The lowest BCUT2D eigenvalue weighted by atomic mass is 10.1. The number of anilines is 1. The van der Waals surface area contributed by atoms with Crippen LogP contribution in [0.3, 0.4) is 0 Å². The van der Waals surface area contributed by atoms with Gasteiger partial charge in [-0.15, -0.1) is 0 Å².